The average molecular weight is 296 g/mol. The van der Waals surface area contributed by atoms with Crippen LogP contribution < -0.4 is 0 Å². The lowest BCUT2D eigenvalue weighted by molar-refractivity contribution is -0.141. The predicted octanol–water partition coefficient (Wildman–Crippen LogP) is 4.21. The highest BCUT2D eigenvalue weighted by atomic mass is 28.4. The first-order valence-corrected chi connectivity index (χ1v) is 9.69. The first-order chi connectivity index (χ1) is 9.17. The van der Waals surface area contributed by atoms with Crippen LogP contribution in [-0.2, 0) is 14.0 Å². The van der Waals surface area contributed by atoms with E-state index in [1.54, 1.807) is 31.4 Å². The Kier molecular flexibility index (Phi) is 5.22. The zero-order valence-corrected chi connectivity index (χ0v) is 14.1. The molecule has 0 atom stereocenters. The van der Waals surface area contributed by atoms with Gasteiger partial charge in [-0.1, -0.05) is 20.8 Å². The highest BCUT2D eigenvalue weighted by Crippen LogP contribution is 2.38. The Morgan fingerprint density at radius 3 is 2.50 bits per heavy atom. The van der Waals surface area contributed by atoms with Gasteiger partial charge in [0.2, 0.25) is 0 Å². The number of rotatable bonds is 5. The van der Waals surface area contributed by atoms with E-state index in [0.29, 0.717) is 12.4 Å². The van der Waals surface area contributed by atoms with Crippen molar-refractivity contribution in [1.82, 2.24) is 0 Å². The minimum atomic E-state index is -2.10. The van der Waals surface area contributed by atoms with Crippen molar-refractivity contribution in [2.45, 2.75) is 45.8 Å². The molecular formula is C15H24O4Si. The quantitative estimate of drug-likeness (QED) is 0.353. The van der Waals surface area contributed by atoms with E-state index in [1.165, 1.54) is 0 Å². The van der Waals surface area contributed by atoms with E-state index in [9.17, 15) is 4.79 Å². The average Bonchev–Trinajstić information content (AvgIpc) is 2.79. The molecule has 0 spiro atoms. The van der Waals surface area contributed by atoms with Gasteiger partial charge in [-0.3, -0.25) is 0 Å². The van der Waals surface area contributed by atoms with E-state index in [2.05, 4.69) is 33.9 Å². The van der Waals surface area contributed by atoms with Gasteiger partial charge in [-0.2, -0.15) is 0 Å². The van der Waals surface area contributed by atoms with Crippen LogP contribution in [0.1, 0.15) is 33.5 Å². The summed E-state index contributed by atoms with van der Waals surface area (Å²) in [7, 11) is -2.10. The third-order valence-corrected chi connectivity index (χ3v) is 7.81. The molecule has 0 aliphatic carbocycles. The molecule has 20 heavy (non-hydrogen) atoms. The molecule has 0 saturated heterocycles. The van der Waals surface area contributed by atoms with Crippen LogP contribution in [0.5, 0.6) is 0 Å². The van der Waals surface area contributed by atoms with Crippen LogP contribution in [0.2, 0.25) is 18.1 Å². The molecule has 0 aliphatic heterocycles. The number of carbonyl (C=O) groups excluding carboxylic acids is 1. The van der Waals surface area contributed by atoms with Gasteiger partial charge < -0.3 is 13.6 Å². The van der Waals surface area contributed by atoms with Gasteiger partial charge in [0.15, 0.2) is 5.76 Å². The summed E-state index contributed by atoms with van der Waals surface area (Å²) >= 11 is 0. The summed E-state index contributed by atoms with van der Waals surface area (Å²) in [5.41, 5.74) is 0. The summed E-state index contributed by atoms with van der Waals surface area (Å²) in [5, 5.41) is 0.00173. The largest absolute Gasteiger partial charge is 0.539 e. The maximum Gasteiger partial charge on any atom is 0.372 e. The van der Waals surface area contributed by atoms with E-state index in [4.69, 9.17) is 13.6 Å². The number of hydrogen-bond donors (Lipinski definition) is 0. The lowest BCUT2D eigenvalue weighted by Crippen LogP contribution is -2.41. The molecule has 1 rings (SSSR count). The molecule has 0 amide bonds. The zero-order valence-electron chi connectivity index (χ0n) is 13.1. The number of hydrogen-bond acceptors (Lipinski definition) is 4. The van der Waals surface area contributed by atoms with Crippen molar-refractivity contribution in [3.05, 3.63) is 29.9 Å². The summed E-state index contributed by atoms with van der Waals surface area (Å²) in [4.78, 5) is 12.0. The molecule has 0 aliphatic rings. The van der Waals surface area contributed by atoms with E-state index in [1.807, 2.05) is 0 Å². The third-order valence-electron chi connectivity index (χ3n) is 3.46. The molecule has 1 aromatic rings. The summed E-state index contributed by atoms with van der Waals surface area (Å²) in [5.74, 6) is 0.342. The fourth-order valence-corrected chi connectivity index (χ4v) is 2.26. The van der Waals surface area contributed by atoms with Gasteiger partial charge in [0, 0.05) is 6.08 Å². The van der Waals surface area contributed by atoms with Crippen molar-refractivity contribution >= 4 is 20.4 Å². The molecule has 112 valence electrons. The van der Waals surface area contributed by atoms with E-state index in [-0.39, 0.29) is 10.8 Å². The highest BCUT2D eigenvalue weighted by molar-refractivity contribution is 6.74. The maximum absolute atomic E-state index is 12.0. The van der Waals surface area contributed by atoms with Crippen molar-refractivity contribution in [1.29, 1.82) is 0 Å². The Hall–Kier alpha value is -1.49. The topological polar surface area (TPSA) is 48.7 Å². The first-order valence-electron chi connectivity index (χ1n) is 6.78. The summed E-state index contributed by atoms with van der Waals surface area (Å²) < 4.78 is 16.4. The van der Waals surface area contributed by atoms with Crippen LogP contribution in [0.15, 0.2) is 28.6 Å². The molecule has 0 unspecified atom stereocenters. The Morgan fingerprint density at radius 2 is 2.05 bits per heavy atom. The van der Waals surface area contributed by atoms with Crippen LogP contribution >= 0.6 is 0 Å². The van der Waals surface area contributed by atoms with Gasteiger partial charge in [-0.15, -0.1) is 0 Å². The summed E-state index contributed by atoms with van der Waals surface area (Å²) in [6, 6.07) is 3.54. The number of furan rings is 1. The smallest absolute Gasteiger partial charge is 0.372 e. The molecule has 1 heterocycles. The van der Waals surface area contributed by atoms with E-state index in [0.717, 1.165) is 0 Å². The van der Waals surface area contributed by atoms with Gasteiger partial charge in [0.05, 0.1) is 12.9 Å². The fraction of sp³-hybridized carbons (Fsp3) is 0.533. The summed E-state index contributed by atoms with van der Waals surface area (Å²) in [6.45, 7) is 12.6. The molecule has 1 aromatic heterocycles. The minimum absolute atomic E-state index is 0.00173. The Labute approximate surface area is 121 Å². The van der Waals surface area contributed by atoms with Crippen molar-refractivity contribution in [2.75, 3.05) is 6.61 Å². The van der Waals surface area contributed by atoms with Crippen molar-refractivity contribution in [3.63, 3.8) is 0 Å². The standard InChI is InChI=1S/C15H24O4Si/c1-7-17-14(16)13(11-12-9-8-10-18-12)19-20(5,6)15(2,3)4/h8-11H,7H2,1-6H3/b13-11-. The SMILES string of the molecule is CCOC(=O)/C(=C/c1ccco1)O[Si](C)(C)C(C)(C)C. The van der Waals surface area contributed by atoms with Crippen molar-refractivity contribution < 1.29 is 18.4 Å². The summed E-state index contributed by atoms with van der Waals surface area (Å²) in [6.07, 6.45) is 3.15. The van der Waals surface area contributed by atoms with Crippen molar-refractivity contribution in [2.24, 2.45) is 0 Å². The van der Waals surface area contributed by atoms with Crippen molar-refractivity contribution in [3.8, 4) is 0 Å². The monoisotopic (exact) mass is 296 g/mol. The normalized spacial score (nSPS) is 13.2. The van der Waals surface area contributed by atoms with Gasteiger partial charge >= 0.3 is 5.97 Å². The lowest BCUT2D eigenvalue weighted by atomic mass is 10.2. The van der Waals surface area contributed by atoms with Crippen LogP contribution in [0.25, 0.3) is 6.08 Å². The molecular weight excluding hydrogens is 272 g/mol. The van der Waals surface area contributed by atoms with Crippen LogP contribution in [0.3, 0.4) is 0 Å². The zero-order chi connectivity index (χ0) is 15.4. The van der Waals surface area contributed by atoms with Gasteiger partial charge in [0.1, 0.15) is 5.76 Å². The highest BCUT2D eigenvalue weighted by Gasteiger charge is 2.40. The molecule has 5 heteroatoms. The molecule has 0 fully saturated rings. The number of esters is 1. The third kappa shape index (κ3) is 4.26. The van der Waals surface area contributed by atoms with Gasteiger partial charge in [-0.05, 0) is 37.2 Å². The second-order valence-electron chi connectivity index (χ2n) is 6.11. The Balaban J connectivity index is 3.04. The van der Waals surface area contributed by atoms with Crippen LogP contribution in [-0.4, -0.2) is 20.9 Å². The van der Waals surface area contributed by atoms with Gasteiger partial charge in [-0.25, -0.2) is 4.79 Å². The van der Waals surface area contributed by atoms with Crippen LogP contribution in [0, 0.1) is 0 Å². The van der Waals surface area contributed by atoms with Gasteiger partial charge in [0.25, 0.3) is 8.32 Å². The number of ether oxygens (including phenoxy) is 1. The molecule has 0 aromatic carbocycles. The molecule has 0 saturated carbocycles. The molecule has 0 radical (unpaired) electrons. The lowest BCUT2D eigenvalue weighted by Gasteiger charge is -2.36. The van der Waals surface area contributed by atoms with E-state index >= 15 is 0 Å². The molecule has 0 bridgehead atoms. The number of carbonyl (C=O) groups is 1. The second kappa shape index (κ2) is 6.30. The second-order valence-corrected chi connectivity index (χ2v) is 10.8. The maximum atomic E-state index is 12.0. The minimum Gasteiger partial charge on any atom is -0.539 e. The fourth-order valence-electron chi connectivity index (χ4n) is 1.26. The Morgan fingerprint density at radius 1 is 1.40 bits per heavy atom. The predicted molar refractivity (Wildman–Crippen MR) is 81.6 cm³/mol. The Bertz CT molecular complexity index is 467. The van der Waals surface area contributed by atoms with Crippen LogP contribution in [0.4, 0.5) is 0 Å². The molecule has 4 nitrogen and oxygen atoms in total. The molecule has 0 N–H and O–H groups in total. The first kappa shape index (κ1) is 16.6. The van der Waals surface area contributed by atoms with E-state index < -0.39 is 14.3 Å².